The van der Waals surface area contributed by atoms with Gasteiger partial charge in [-0.05, 0) is 135 Å². The molecule has 0 unspecified atom stereocenters. The summed E-state index contributed by atoms with van der Waals surface area (Å²) in [5.41, 5.74) is 13.1. The minimum Gasteiger partial charge on any atom is -0.493 e. The third kappa shape index (κ3) is 12.6. The number of urea groups is 1. The van der Waals surface area contributed by atoms with Crippen molar-refractivity contribution in [2.45, 2.75) is 116 Å². The normalized spacial score (nSPS) is 20.0. The number of rotatable bonds is 18. The fourth-order valence-corrected chi connectivity index (χ4v) is 12.9. The molecule has 0 aliphatic carbocycles. The fourth-order valence-electron chi connectivity index (χ4n) is 12.6. The van der Waals surface area contributed by atoms with Crippen LogP contribution in [0.2, 0.25) is 10.0 Å². The molecule has 3 atom stereocenters. The van der Waals surface area contributed by atoms with Gasteiger partial charge >= 0.3 is 6.03 Å². The zero-order valence-corrected chi connectivity index (χ0v) is 51.7. The first-order valence-electron chi connectivity index (χ1n) is 29.7. The third-order valence-corrected chi connectivity index (χ3v) is 18.1. The molecule has 0 radical (unpaired) electrons. The van der Waals surface area contributed by atoms with Gasteiger partial charge in [0.15, 0.2) is 0 Å². The van der Waals surface area contributed by atoms with Crippen molar-refractivity contribution in [1.29, 1.82) is 0 Å². The molecule has 6 aromatic rings. The SMILES string of the molecule is CCOc1cc(C(C)(C)C)ccc1C1=N[C@@](C)(c2ccc(Cl)cc2)[C@@](C)(c2ccc(Cl)cc2)N1C(=O)N1CCN(CCOCCOCCC(=O)CCCn2nc3c(c2C)-c2cnc(N)c(c2)N2CCC[C@@H]2c2cc(F)ccc2C(=O)N(C)C3)CC1. The highest BCUT2D eigenvalue weighted by molar-refractivity contribution is 6.30. The van der Waals surface area contributed by atoms with Crippen molar-refractivity contribution < 1.29 is 33.0 Å². The first kappa shape index (κ1) is 61.2. The lowest BCUT2D eigenvalue weighted by atomic mass is 9.71. The van der Waals surface area contributed by atoms with E-state index in [0.717, 1.165) is 57.6 Å². The number of nitrogens with zero attached hydrogens (tertiary/aromatic N) is 9. The molecule has 450 valence electrons. The van der Waals surface area contributed by atoms with E-state index in [1.165, 1.54) is 12.1 Å². The summed E-state index contributed by atoms with van der Waals surface area (Å²) in [6, 6.07) is 27.7. The van der Waals surface area contributed by atoms with Gasteiger partial charge in [-0.1, -0.05) is 74.3 Å². The highest BCUT2D eigenvalue weighted by Gasteiger charge is 2.60. The summed E-state index contributed by atoms with van der Waals surface area (Å²) in [4.78, 5) is 62.8. The van der Waals surface area contributed by atoms with Gasteiger partial charge < -0.3 is 34.6 Å². The maximum absolute atomic E-state index is 15.5. The quantitative estimate of drug-likeness (QED) is 0.0815. The van der Waals surface area contributed by atoms with Crippen LogP contribution in [0.1, 0.15) is 129 Å². The number of ketones is 1. The van der Waals surface area contributed by atoms with E-state index < -0.39 is 16.9 Å². The number of halogens is 3. The predicted molar refractivity (Wildman–Crippen MR) is 332 cm³/mol. The van der Waals surface area contributed by atoms with Gasteiger partial charge in [-0.2, -0.15) is 5.10 Å². The van der Waals surface area contributed by atoms with Crippen molar-refractivity contribution in [3.63, 3.8) is 0 Å². The average Bonchev–Trinajstić information content (AvgIpc) is 1.75. The fraction of sp³-hybridized carbons (Fsp3) is 0.455. The molecule has 2 bridgehead atoms. The van der Waals surface area contributed by atoms with Crippen LogP contribution in [0.5, 0.6) is 5.75 Å². The second kappa shape index (κ2) is 25.6. The van der Waals surface area contributed by atoms with Gasteiger partial charge in [0.1, 0.15) is 40.1 Å². The number of amidine groups is 1. The molecule has 85 heavy (non-hydrogen) atoms. The number of ether oxygens (including phenoxy) is 3. The number of piperazine rings is 1. The van der Waals surface area contributed by atoms with E-state index in [1.807, 2.05) is 89.0 Å². The van der Waals surface area contributed by atoms with Crippen LogP contribution in [0.4, 0.5) is 20.7 Å². The molecule has 3 amide bonds. The van der Waals surface area contributed by atoms with E-state index in [9.17, 15) is 14.0 Å². The molecule has 19 heteroatoms. The van der Waals surface area contributed by atoms with Crippen LogP contribution in [0.15, 0.2) is 102 Å². The van der Waals surface area contributed by atoms with Crippen LogP contribution in [-0.4, -0.2) is 137 Å². The average molecular weight is 1200 g/mol. The minimum atomic E-state index is -1.03. The Morgan fingerprint density at radius 1 is 0.824 bits per heavy atom. The Hall–Kier alpha value is -6.89. The van der Waals surface area contributed by atoms with Crippen molar-refractivity contribution in [3.05, 3.63) is 158 Å². The Labute approximate surface area is 509 Å². The number of anilines is 2. The molecule has 6 heterocycles. The Kier molecular flexibility index (Phi) is 18.4. The number of hydrogen-bond donors (Lipinski definition) is 1. The lowest BCUT2D eigenvalue weighted by Crippen LogP contribution is -2.60. The lowest BCUT2D eigenvalue weighted by Gasteiger charge is -2.47. The van der Waals surface area contributed by atoms with Gasteiger partial charge in [-0.15, -0.1) is 0 Å². The number of aliphatic imine (C=N–C) groups is 1. The lowest BCUT2D eigenvalue weighted by molar-refractivity contribution is -0.120. The molecule has 2 saturated heterocycles. The number of carbonyl (C=O) groups is 3. The molecule has 0 spiro atoms. The van der Waals surface area contributed by atoms with Gasteiger partial charge in [0.05, 0.1) is 62.6 Å². The number of aryl methyl sites for hydroxylation is 1. The molecule has 10 rings (SSSR count). The second-order valence-corrected chi connectivity index (χ2v) is 24.9. The van der Waals surface area contributed by atoms with E-state index in [0.29, 0.717) is 136 Å². The molecule has 2 aromatic heterocycles. The number of hydrogen-bond acceptors (Lipinski definition) is 12. The topological polar surface area (TPSA) is 164 Å². The standard InChI is InChI=1S/C66H79Cl2FN10O6/c1-9-85-58-39-47(64(3,4)5)18-24-53(58)61-72-65(6,45-14-19-48(67)20-15-45)66(7,46-16-21-49(68)22-17-46)79(61)63(82)76-31-29-75(30-32-76)33-35-84-37-36-83-34-26-51(80)12-10-28-78-43(2)59-44-38-57(60(70)71-41-44)77-27-11-13-56(77)54-40-50(69)23-25-52(54)62(81)74(8)42-55(59)73-78/h14-25,38-41,56H,9-13,26-37,42H2,1-8H3,(H2,70,71)/t56-,65+,66-/m1/s1. The van der Waals surface area contributed by atoms with Crippen LogP contribution >= 0.6 is 23.2 Å². The minimum absolute atomic E-state index is 0.0959. The number of aromatic nitrogens is 3. The number of fused-ring (bicyclic) bond motifs is 8. The molecular weight excluding hydrogens is 1120 g/mol. The van der Waals surface area contributed by atoms with Gasteiger partial charge in [0.25, 0.3) is 5.91 Å². The van der Waals surface area contributed by atoms with E-state index in [-0.39, 0.29) is 42.1 Å². The van der Waals surface area contributed by atoms with Crippen molar-refractivity contribution in [3.8, 4) is 16.9 Å². The maximum atomic E-state index is 15.5. The van der Waals surface area contributed by atoms with Gasteiger partial charge in [-0.25, -0.2) is 14.2 Å². The highest BCUT2D eigenvalue weighted by atomic mass is 35.5. The Balaban J connectivity index is 0.715. The number of nitrogens with two attached hydrogens (primary N) is 1. The highest BCUT2D eigenvalue weighted by Crippen LogP contribution is 2.54. The summed E-state index contributed by atoms with van der Waals surface area (Å²) >= 11 is 13.0. The molecule has 0 saturated carbocycles. The van der Waals surface area contributed by atoms with E-state index in [1.54, 1.807) is 24.2 Å². The zero-order chi connectivity index (χ0) is 60.4. The summed E-state index contributed by atoms with van der Waals surface area (Å²) in [6.07, 6.45) is 4.56. The van der Waals surface area contributed by atoms with E-state index in [4.69, 9.17) is 53.2 Å². The summed E-state index contributed by atoms with van der Waals surface area (Å²) in [5.74, 6) is 1.05. The van der Waals surface area contributed by atoms with Crippen LogP contribution in [-0.2, 0) is 43.9 Å². The summed E-state index contributed by atoms with van der Waals surface area (Å²) in [6.45, 7) is 21.0. The predicted octanol–water partition coefficient (Wildman–Crippen LogP) is 12.0. The van der Waals surface area contributed by atoms with Gasteiger partial charge in [-0.3, -0.25) is 29.1 Å². The summed E-state index contributed by atoms with van der Waals surface area (Å²) in [5, 5.41) is 6.20. The molecule has 4 aliphatic rings. The number of pyridine rings is 1. The smallest absolute Gasteiger partial charge is 0.326 e. The largest absolute Gasteiger partial charge is 0.493 e. The van der Waals surface area contributed by atoms with Crippen LogP contribution < -0.4 is 15.4 Å². The van der Waals surface area contributed by atoms with Crippen molar-refractivity contribution >= 4 is 58.3 Å². The van der Waals surface area contributed by atoms with Gasteiger partial charge in [0.2, 0.25) is 0 Å². The van der Waals surface area contributed by atoms with Crippen LogP contribution in [0, 0.1) is 12.7 Å². The molecule has 16 nitrogen and oxygen atoms in total. The molecular formula is C66H79Cl2FN10O6. The van der Waals surface area contributed by atoms with Gasteiger partial charge in [0, 0.05) is 104 Å². The zero-order valence-electron chi connectivity index (χ0n) is 50.2. The molecule has 4 aliphatic heterocycles. The van der Waals surface area contributed by atoms with E-state index in [2.05, 4.69) is 61.5 Å². The molecule has 2 fully saturated rings. The van der Waals surface area contributed by atoms with Crippen LogP contribution in [0.25, 0.3) is 11.1 Å². The Morgan fingerprint density at radius 2 is 1.51 bits per heavy atom. The van der Waals surface area contributed by atoms with Crippen molar-refractivity contribution in [2.75, 3.05) is 90.0 Å². The van der Waals surface area contributed by atoms with Crippen LogP contribution in [0.3, 0.4) is 0 Å². The first-order valence-corrected chi connectivity index (χ1v) is 30.5. The summed E-state index contributed by atoms with van der Waals surface area (Å²) in [7, 11) is 1.74. The Bertz CT molecular complexity index is 3450. The number of benzene rings is 4. The van der Waals surface area contributed by atoms with Crippen molar-refractivity contribution in [1.82, 2.24) is 34.4 Å². The van der Waals surface area contributed by atoms with Crippen molar-refractivity contribution in [2.24, 2.45) is 4.99 Å². The molecule has 2 N–H and O–H groups in total. The number of carbonyl (C=O) groups excluding carboxylic acids is 3. The number of amides is 3. The third-order valence-electron chi connectivity index (χ3n) is 17.6. The monoisotopic (exact) mass is 1200 g/mol. The Morgan fingerprint density at radius 3 is 2.20 bits per heavy atom. The second-order valence-electron chi connectivity index (χ2n) is 24.1. The van der Waals surface area contributed by atoms with E-state index >= 15 is 4.79 Å². The molecule has 4 aromatic carbocycles. The maximum Gasteiger partial charge on any atom is 0.326 e. The summed E-state index contributed by atoms with van der Waals surface area (Å²) < 4.78 is 34.9. The number of nitrogen functional groups attached to an aromatic ring is 1. The first-order chi connectivity index (χ1) is 40.7. The number of Topliss-reactive ketones (excluding diaryl/α,β-unsaturated/α-hetero) is 1.